The molecule has 5 nitrogen and oxygen atoms in total. The Balaban J connectivity index is 1.92. The molecule has 96 valence electrons. The van der Waals surface area contributed by atoms with Crippen LogP contribution < -0.4 is 5.73 Å². The van der Waals surface area contributed by atoms with Crippen LogP contribution in [-0.4, -0.2) is 35.5 Å². The average Bonchev–Trinajstić information content (AvgIpc) is 2.66. The van der Waals surface area contributed by atoms with Crippen molar-refractivity contribution in [2.45, 2.75) is 19.6 Å². The highest BCUT2D eigenvalue weighted by atomic mass is 16.6. The summed E-state index contributed by atoms with van der Waals surface area (Å²) in [4.78, 5) is 4.38. The molecule has 2 aromatic rings. The number of rotatable bonds is 2. The van der Waals surface area contributed by atoms with E-state index in [2.05, 4.69) is 17.1 Å². The van der Waals surface area contributed by atoms with E-state index in [1.54, 1.807) is 0 Å². The minimum Gasteiger partial charge on any atom is -0.376 e. The minimum atomic E-state index is 0.0553. The second-order valence-electron chi connectivity index (χ2n) is 4.64. The molecular formula is C13H17N3O2. The van der Waals surface area contributed by atoms with Gasteiger partial charge in [0.25, 0.3) is 0 Å². The number of ether oxygens (including phenoxy) is 2. The number of nitrogens with zero attached hydrogens (tertiary/aromatic N) is 2. The van der Waals surface area contributed by atoms with Crippen LogP contribution in [0.4, 0.5) is 5.95 Å². The van der Waals surface area contributed by atoms with Gasteiger partial charge in [0.1, 0.15) is 0 Å². The number of aryl methyl sites for hydroxylation is 1. The van der Waals surface area contributed by atoms with Gasteiger partial charge in [0, 0.05) is 0 Å². The fourth-order valence-corrected chi connectivity index (χ4v) is 2.30. The molecule has 1 aliphatic rings. The van der Waals surface area contributed by atoms with Crippen LogP contribution in [0.5, 0.6) is 0 Å². The average molecular weight is 247 g/mol. The van der Waals surface area contributed by atoms with E-state index in [1.807, 2.05) is 17.6 Å². The maximum atomic E-state index is 5.98. The molecule has 1 aromatic heterocycles. The van der Waals surface area contributed by atoms with Crippen LogP contribution in [0.25, 0.3) is 11.0 Å². The van der Waals surface area contributed by atoms with Crippen LogP contribution in [0.3, 0.4) is 0 Å². The summed E-state index contributed by atoms with van der Waals surface area (Å²) in [7, 11) is 0. The van der Waals surface area contributed by atoms with Crippen molar-refractivity contribution in [1.29, 1.82) is 0 Å². The molecule has 1 unspecified atom stereocenters. The van der Waals surface area contributed by atoms with Gasteiger partial charge in [-0.15, -0.1) is 0 Å². The van der Waals surface area contributed by atoms with Crippen LogP contribution in [0, 0.1) is 6.92 Å². The summed E-state index contributed by atoms with van der Waals surface area (Å²) in [6, 6.07) is 6.16. The highest BCUT2D eigenvalue weighted by molar-refractivity contribution is 5.79. The number of imidazole rings is 1. The van der Waals surface area contributed by atoms with Crippen molar-refractivity contribution in [3.05, 3.63) is 23.8 Å². The number of fused-ring (bicyclic) bond motifs is 1. The maximum absolute atomic E-state index is 5.98. The summed E-state index contributed by atoms with van der Waals surface area (Å²) in [5, 5.41) is 0. The molecule has 1 saturated heterocycles. The molecule has 2 heterocycles. The lowest BCUT2D eigenvalue weighted by Crippen LogP contribution is -2.32. The Morgan fingerprint density at radius 2 is 2.33 bits per heavy atom. The van der Waals surface area contributed by atoms with Crippen molar-refractivity contribution < 1.29 is 9.47 Å². The van der Waals surface area contributed by atoms with Crippen molar-refractivity contribution in [3.8, 4) is 0 Å². The minimum absolute atomic E-state index is 0.0553. The van der Waals surface area contributed by atoms with Crippen LogP contribution in [0.15, 0.2) is 18.2 Å². The Hall–Kier alpha value is -1.59. The Morgan fingerprint density at radius 1 is 1.44 bits per heavy atom. The van der Waals surface area contributed by atoms with E-state index in [0.717, 1.165) is 11.0 Å². The van der Waals surface area contributed by atoms with E-state index in [4.69, 9.17) is 15.2 Å². The van der Waals surface area contributed by atoms with Gasteiger partial charge in [-0.05, 0) is 24.6 Å². The highest BCUT2D eigenvalue weighted by Gasteiger charge is 2.18. The van der Waals surface area contributed by atoms with Crippen LogP contribution >= 0.6 is 0 Å². The lowest BCUT2D eigenvalue weighted by atomic mass is 10.2. The van der Waals surface area contributed by atoms with Crippen LogP contribution in [0.1, 0.15) is 5.56 Å². The zero-order valence-electron chi connectivity index (χ0n) is 10.4. The Morgan fingerprint density at radius 3 is 3.11 bits per heavy atom. The molecule has 3 rings (SSSR count). The summed E-state index contributed by atoms with van der Waals surface area (Å²) in [5.74, 6) is 0.532. The van der Waals surface area contributed by atoms with Gasteiger partial charge >= 0.3 is 0 Å². The zero-order chi connectivity index (χ0) is 12.5. The van der Waals surface area contributed by atoms with Crippen LogP contribution in [0.2, 0.25) is 0 Å². The third kappa shape index (κ3) is 2.07. The molecule has 1 atom stereocenters. The lowest BCUT2D eigenvalue weighted by Gasteiger charge is -2.23. The first-order valence-corrected chi connectivity index (χ1v) is 6.16. The molecule has 0 spiro atoms. The first-order valence-electron chi connectivity index (χ1n) is 6.16. The van der Waals surface area contributed by atoms with Gasteiger partial charge in [0.05, 0.1) is 43.5 Å². The Kier molecular flexibility index (Phi) is 2.93. The molecule has 0 saturated carbocycles. The molecule has 1 aromatic carbocycles. The first-order chi connectivity index (χ1) is 8.74. The fourth-order valence-electron chi connectivity index (χ4n) is 2.30. The van der Waals surface area contributed by atoms with Crippen molar-refractivity contribution in [2.24, 2.45) is 0 Å². The van der Waals surface area contributed by atoms with Gasteiger partial charge in [-0.1, -0.05) is 6.07 Å². The molecule has 18 heavy (non-hydrogen) atoms. The zero-order valence-corrected chi connectivity index (χ0v) is 10.4. The van der Waals surface area contributed by atoms with Gasteiger partial charge in [-0.2, -0.15) is 0 Å². The molecule has 5 heteroatoms. The van der Waals surface area contributed by atoms with Gasteiger partial charge in [-0.25, -0.2) is 4.98 Å². The predicted octanol–water partition coefficient (Wildman–Crippen LogP) is 1.34. The van der Waals surface area contributed by atoms with Gasteiger partial charge in [0.15, 0.2) is 0 Å². The highest BCUT2D eigenvalue weighted by Crippen LogP contribution is 2.20. The molecule has 0 amide bonds. The summed E-state index contributed by atoms with van der Waals surface area (Å²) in [6.45, 7) is 4.68. The smallest absolute Gasteiger partial charge is 0.201 e. The molecule has 1 fully saturated rings. The number of hydrogen-bond acceptors (Lipinski definition) is 4. The molecule has 0 radical (unpaired) electrons. The van der Waals surface area contributed by atoms with Gasteiger partial charge < -0.3 is 19.8 Å². The number of nitrogens with two attached hydrogens (primary N) is 1. The van der Waals surface area contributed by atoms with Crippen molar-refractivity contribution in [2.75, 3.05) is 25.6 Å². The number of hydrogen-bond donors (Lipinski definition) is 1. The SMILES string of the molecule is Cc1ccc2c(c1)nc(N)n2CC1COCCO1. The summed E-state index contributed by atoms with van der Waals surface area (Å²) in [6.07, 6.45) is 0.0553. The molecule has 2 N–H and O–H groups in total. The Labute approximate surface area is 106 Å². The van der Waals surface area contributed by atoms with Crippen LogP contribution in [-0.2, 0) is 16.0 Å². The largest absolute Gasteiger partial charge is 0.376 e. The standard InChI is InChI=1S/C13H17N3O2/c1-9-2-3-12-11(6-9)15-13(14)16(12)7-10-8-17-4-5-18-10/h2-3,6,10H,4-5,7-8H2,1H3,(H2,14,15). The lowest BCUT2D eigenvalue weighted by molar-refractivity contribution is -0.0930. The topological polar surface area (TPSA) is 62.3 Å². The van der Waals surface area contributed by atoms with E-state index in [9.17, 15) is 0 Å². The summed E-state index contributed by atoms with van der Waals surface area (Å²) >= 11 is 0. The van der Waals surface area contributed by atoms with Crippen molar-refractivity contribution >= 4 is 17.0 Å². The normalized spacial score (nSPS) is 20.4. The maximum Gasteiger partial charge on any atom is 0.201 e. The monoisotopic (exact) mass is 247 g/mol. The third-order valence-electron chi connectivity index (χ3n) is 3.20. The molecule has 0 bridgehead atoms. The van der Waals surface area contributed by atoms with E-state index in [-0.39, 0.29) is 6.10 Å². The third-order valence-corrected chi connectivity index (χ3v) is 3.20. The number of benzene rings is 1. The Bertz CT molecular complexity index is 559. The van der Waals surface area contributed by atoms with E-state index < -0.39 is 0 Å². The number of aromatic nitrogens is 2. The predicted molar refractivity (Wildman–Crippen MR) is 69.4 cm³/mol. The van der Waals surface area contributed by atoms with E-state index in [1.165, 1.54) is 5.56 Å². The molecular weight excluding hydrogens is 230 g/mol. The quantitative estimate of drug-likeness (QED) is 0.870. The second-order valence-corrected chi connectivity index (χ2v) is 4.64. The van der Waals surface area contributed by atoms with E-state index in [0.29, 0.717) is 32.3 Å². The summed E-state index contributed by atoms with van der Waals surface area (Å²) in [5.41, 5.74) is 9.14. The fraction of sp³-hybridized carbons (Fsp3) is 0.462. The summed E-state index contributed by atoms with van der Waals surface area (Å²) < 4.78 is 13.0. The first kappa shape index (κ1) is 11.5. The number of anilines is 1. The van der Waals surface area contributed by atoms with Gasteiger partial charge in [0.2, 0.25) is 5.95 Å². The number of nitrogen functional groups attached to an aromatic ring is 1. The molecule has 0 aliphatic carbocycles. The van der Waals surface area contributed by atoms with Crippen molar-refractivity contribution in [1.82, 2.24) is 9.55 Å². The van der Waals surface area contributed by atoms with Crippen molar-refractivity contribution in [3.63, 3.8) is 0 Å². The second kappa shape index (κ2) is 4.59. The van der Waals surface area contributed by atoms with Gasteiger partial charge in [-0.3, -0.25) is 0 Å². The van der Waals surface area contributed by atoms with E-state index >= 15 is 0 Å². The molecule has 1 aliphatic heterocycles.